The molecule has 5 nitrogen and oxygen atoms in total. The highest BCUT2D eigenvalue weighted by Gasteiger charge is 2.14. The van der Waals surface area contributed by atoms with Crippen LogP contribution in [-0.4, -0.2) is 20.0 Å². The minimum atomic E-state index is -4.21. The molecule has 0 amide bonds. The number of para-hydroxylation sites is 1. The van der Waals surface area contributed by atoms with Crippen LogP contribution in [0.5, 0.6) is 0 Å². The Morgan fingerprint density at radius 3 is 1.81 bits per heavy atom. The number of nitrogens with zero attached hydrogens (tertiary/aromatic N) is 1. The smallest absolute Gasteiger partial charge is 0.294 e. The minimum Gasteiger partial charge on any atom is -0.316 e. The van der Waals surface area contributed by atoms with E-state index in [1.54, 1.807) is 12.1 Å². The normalized spacial score (nSPS) is 11.3. The summed E-state index contributed by atoms with van der Waals surface area (Å²) in [6, 6.07) is 24.1. The maximum Gasteiger partial charge on any atom is 0.294 e. The average Bonchev–Trinajstić information content (AvgIpc) is 2.64. The van der Waals surface area contributed by atoms with E-state index in [9.17, 15) is 13.0 Å². The van der Waals surface area contributed by atoms with E-state index in [0.717, 1.165) is 23.6 Å². The van der Waals surface area contributed by atoms with E-state index < -0.39 is 10.1 Å². The third-order valence-electron chi connectivity index (χ3n) is 3.98. The Labute approximate surface area is 153 Å². The summed E-state index contributed by atoms with van der Waals surface area (Å²) < 4.78 is 31.8. The SMILES string of the molecule is CNCc1ccc(N(c2ccccc2)c2ccc(S(=O)(=O)O)cc2)cc1. The Balaban J connectivity index is 2.04. The van der Waals surface area contributed by atoms with Gasteiger partial charge >= 0.3 is 0 Å². The molecule has 0 radical (unpaired) electrons. The fourth-order valence-electron chi connectivity index (χ4n) is 2.76. The van der Waals surface area contributed by atoms with Crippen molar-refractivity contribution in [2.75, 3.05) is 11.9 Å². The first kappa shape index (κ1) is 18.1. The molecule has 0 bridgehead atoms. The van der Waals surface area contributed by atoms with Gasteiger partial charge < -0.3 is 10.2 Å². The molecule has 2 N–H and O–H groups in total. The van der Waals surface area contributed by atoms with E-state index >= 15 is 0 Å². The van der Waals surface area contributed by atoms with Gasteiger partial charge in [0.25, 0.3) is 10.1 Å². The van der Waals surface area contributed by atoms with E-state index in [-0.39, 0.29) is 4.90 Å². The van der Waals surface area contributed by atoms with Crippen LogP contribution in [-0.2, 0) is 16.7 Å². The third-order valence-corrected chi connectivity index (χ3v) is 4.85. The summed E-state index contributed by atoms with van der Waals surface area (Å²) in [5.41, 5.74) is 3.88. The van der Waals surface area contributed by atoms with Gasteiger partial charge in [-0.15, -0.1) is 0 Å². The van der Waals surface area contributed by atoms with Gasteiger partial charge in [-0.3, -0.25) is 4.55 Å². The van der Waals surface area contributed by atoms with Gasteiger partial charge in [0.15, 0.2) is 0 Å². The van der Waals surface area contributed by atoms with Crippen LogP contribution in [0.3, 0.4) is 0 Å². The third kappa shape index (κ3) is 4.11. The van der Waals surface area contributed by atoms with Crippen molar-refractivity contribution in [1.82, 2.24) is 5.32 Å². The lowest BCUT2D eigenvalue weighted by molar-refractivity contribution is 0.483. The van der Waals surface area contributed by atoms with Crippen LogP contribution in [0.2, 0.25) is 0 Å². The molecule has 3 rings (SSSR count). The molecule has 0 unspecified atom stereocenters. The van der Waals surface area contributed by atoms with E-state index in [0.29, 0.717) is 0 Å². The Morgan fingerprint density at radius 2 is 1.31 bits per heavy atom. The zero-order valence-corrected chi connectivity index (χ0v) is 15.1. The lowest BCUT2D eigenvalue weighted by Crippen LogP contribution is -2.11. The molecular formula is C20H20N2O3S. The fraction of sp³-hybridized carbons (Fsp3) is 0.100. The van der Waals surface area contributed by atoms with Crippen LogP contribution in [0, 0.1) is 0 Å². The molecule has 0 aromatic heterocycles. The molecule has 0 aliphatic heterocycles. The van der Waals surface area contributed by atoms with Gasteiger partial charge in [0.2, 0.25) is 0 Å². The summed E-state index contributed by atoms with van der Waals surface area (Å²) in [5.74, 6) is 0. The Bertz CT molecular complexity index is 954. The van der Waals surface area contributed by atoms with Gasteiger partial charge in [-0.25, -0.2) is 0 Å². The van der Waals surface area contributed by atoms with Crippen LogP contribution in [0.15, 0.2) is 83.8 Å². The Kier molecular flexibility index (Phi) is 5.37. The Morgan fingerprint density at radius 1 is 0.808 bits per heavy atom. The summed E-state index contributed by atoms with van der Waals surface area (Å²) in [6.45, 7) is 0.786. The quantitative estimate of drug-likeness (QED) is 0.641. The molecule has 0 saturated heterocycles. The second kappa shape index (κ2) is 7.70. The first-order chi connectivity index (χ1) is 12.5. The standard InChI is InChI=1S/C20H20N2O3S/c1-21-15-16-7-9-18(10-8-16)22(17-5-3-2-4-6-17)19-11-13-20(14-12-19)26(23,24)25/h2-14,21H,15H2,1H3,(H,23,24,25). The molecule has 0 aliphatic carbocycles. The number of nitrogens with one attached hydrogen (secondary N) is 1. The molecule has 0 saturated carbocycles. The number of rotatable bonds is 6. The van der Waals surface area contributed by atoms with E-state index in [1.165, 1.54) is 17.7 Å². The molecular weight excluding hydrogens is 348 g/mol. The summed E-state index contributed by atoms with van der Waals surface area (Å²) in [4.78, 5) is 1.90. The molecule has 26 heavy (non-hydrogen) atoms. The number of hydrogen-bond acceptors (Lipinski definition) is 4. The second-order valence-electron chi connectivity index (χ2n) is 5.84. The molecule has 0 fully saturated rings. The minimum absolute atomic E-state index is 0.126. The summed E-state index contributed by atoms with van der Waals surface area (Å²) in [7, 11) is -2.31. The van der Waals surface area contributed by atoms with Gasteiger partial charge in [-0.1, -0.05) is 30.3 Å². The predicted molar refractivity (Wildman–Crippen MR) is 104 cm³/mol. The van der Waals surface area contributed by atoms with Crippen LogP contribution < -0.4 is 10.2 Å². The number of anilines is 3. The van der Waals surface area contributed by atoms with Gasteiger partial charge in [0.05, 0.1) is 4.90 Å². The predicted octanol–water partition coefficient (Wildman–Crippen LogP) is 4.12. The van der Waals surface area contributed by atoms with Crippen molar-refractivity contribution in [2.45, 2.75) is 11.4 Å². The van der Waals surface area contributed by atoms with Crippen molar-refractivity contribution in [1.29, 1.82) is 0 Å². The maximum absolute atomic E-state index is 11.3. The fourth-order valence-corrected chi connectivity index (χ4v) is 3.24. The van der Waals surface area contributed by atoms with E-state index in [1.807, 2.05) is 66.5 Å². The molecule has 3 aromatic rings. The van der Waals surface area contributed by atoms with Crippen molar-refractivity contribution in [3.8, 4) is 0 Å². The number of hydrogen-bond donors (Lipinski definition) is 2. The summed E-state index contributed by atoms with van der Waals surface area (Å²) in [6.07, 6.45) is 0. The van der Waals surface area contributed by atoms with Crippen LogP contribution >= 0.6 is 0 Å². The van der Waals surface area contributed by atoms with Crippen molar-refractivity contribution in [3.63, 3.8) is 0 Å². The van der Waals surface area contributed by atoms with Crippen molar-refractivity contribution < 1.29 is 13.0 Å². The van der Waals surface area contributed by atoms with E-state index in [2.05, 4.69) is 5.32 Å². The molecule has 0 aliphatic rings. The van der Waals surface area contributed by atoms with Crippen LogP contribution in [0.1, 0.15) is 5.56 Å². The highest BCUT2D eigenvalue weighted by atomic mass is 32.2. The van der Waals surface area contributed by atoms with Crippen molar-refractivity contribution >= 4 is 27.2 Å². The first-order valence-electron chi connectivity index (χ1n) is 8.15. The highest BCUT2D eigenvalue weighted by molar-refractivity contribution is 7.85. The largest absolute Gasteiger partial charge is 0.316 e. The van der Waals surface area contributed by atoms with Gasteiger partial charge in [0.1, 0.15) is 0 Å². The van der Waals surface area contributed by atoms with Crippen molar-refractivity contribution in [2.24, 2.45) is 0 Å². The summed E-state index contributed by atoms with van der Waals surface area (Å²) >= 11 is 0. The zero-order chi connectivity index (χ0) is 18.6. The molecule has 3 aromatic carbocycles. The molecule has 134 valence electrons. The van der Waals surface area contributed by atoms with Gasteiger partial charge in [-0.2, -0.15) is 8.42 Å². The van der Waals surface area contributed by atoms with Gasteiger partial charge in [0, 0.05) is 23.6 Å². The second-order valence-corrected chi connectivity index (χ2v) is 7.26. The summed E-state index contributed by atoms with van der Waals surface area (Å²) in [5, 5.41) is 3.12. The highest BCUT2D eigenvalue weighted by Crippen LogP contribution is 2.34. The monoisotopic (exact) mass is 368 g/mol. The average molecular weight is 368 g/mol. The number of benzene rings is 3. The first-order valence-corrected chi connectivity index (χ1v) is 9.59. The topological polar surface area (TPSA) is 69.6 Å². The maximum atomic E-state index is 11.3. The van der Waals surface area contributed by atoms with Crippen molar-refractivity contribution in [3.05, 3.63) is 84.4 Å². The van der Waals surface area contributed by atoms with Crippen LogP contribution in [0.4, 0.5) is 17.1 Å². The molecule has 0 spiro atoms. The Hall–Kier alpha value is -2.67. The molecule has 0 atom stereocenters. The van der Waals surface area contributed by atoms with Gasteiger partial charge in [-0.05, 0) is 61.1 Å². The molecule has 0 heterocycles. The zero-order valence-electron chi connectivity index (χ0n) is 14.3. The lowest BCUT2D eigenvalue weighted by atomic mass is 10.1. The lowest BCUT2D eigenvalue weighted by Gasteiger charge is -2.25. The molecule has 6 heteroatoms. The van der Waals surface area contributed by atoms with E-state index in [4.69, 9.17) is 0 Å². The van der Waals surface area contributed by atoms with Crippen LogP contribution in [0.25, 0.3) is 0 Å².